The number of para-hydroxylation sites is 1. The largest absolute Gasteiger partial charge is 0.399 e. The Kier molecular flexibility index (Phi) is 4.70. The maximum absolute atomic E-state index is 12.3. The van der Waals surface area contributed by atoms with Gasteiger partial charge in [-0.1, -0.05) is 23.7 Å². The van der Waals surface area contributed by atoms with E-state index in [1.54, 1.807) is 24.3 Å². The summed E-state index contributed by atoms with van der Waals surface area (Å²) >= 11 is 6.13. The van der Waals surface area contributed by atoms with Crippen LogP contribution in [0.3, 0.4) is 0 Å². The Morgan fingerprint density at radius 2 is 1.86 bits per heavy atom. The van der Waals surface area contributed by atoms with Gasteiger partial charge < -0.3 is 16.4 Å². The average Bonchev–Trinajstić information content (AvgIpc) is 2.42. The van der Waals surface area contributed by atoms with Crippen LogP contribution in [0.5, 0.6) is 0 Å². The number of hydrogen-bond donors (Lipinski definition) is 3. The summed E-state index contributed by atoms with van der Waals surface area (Å²) in [7, 11) is 0. The van der Waals surface area contributed by atoms with Gasteiger partial charge in [-0.25, -0.2) is 0 Å². The molecule has 0 saturated carbocycles. The van der Waals surface area contributed by atoms with Crippen LogP contribution in [0.1, 0.15) is 24.2 Å². The van der Waals surface area contributed by atoms with E-state index in [0.717, 1.165) is 5.69 Å². The second-order valence-corrected chi connectivity index (χ2v) is 5.45. The molecule has 0 aliphatic rings. The maximum Gasteiger partial charge on any atom is 0.253 e. The second kappa shape index (κ2) is 6.50. The first kappa shape index (κ1) is 15.2. The van der Waals surface area contributed by atoms with Crippen molar-refractivity contribution in [2.45, 2.75) is 19.9 Å². The van der Waals surface area contributed by atoms with Gasteiger partial charge in [0, 0.05) is 11.7 Å². The molecule has 21 heavy (non-hydrogen) atoms. The van der Waals surface area contributed by atoms with Crippen molar-refractivity contribution >= 4 is 34.6 Å². The molecule has 0 fully saturated rings. The maximum atomic E-state index is 12.3. The van der Waals surface area contributed by atoms with Crippen LogP contribution >= 0.6 is 11.6 Å². The molecule has 2 rings (SSSR count). The molecule has 0 aromatic heterocycles. The zero-order chi connectivity index (χ0) is 15.4. The summed E-state index contributed by atoms with van der Waals surface area (Å²) in [6.07, 6.45) is 0. The highest BCUT2D eigenvalue weighted by atomic mass is 35.5. The summed E-state index contributed by atoms with van der Waals surface area (Å²) in [5, 5.41) is 6.62. The van der Waals surface area contributed by atoms with Gasteiger partial charge in [0.2, 0.25) is 0 Å². The van der Waals surface area contributed by atoms with E-state index in [4.69, 9.17) is 17.3 Å². The third-order valence-electron chi connectivity index (χ3n) is 2.85. The van der Waals surface area contributed by atoms with Gasteiger partial charge in [0.1, 0.15) is 0 Å². The van der Waals surface area contributed by atoms with Crippen molar-refractivity contribution in [2.75, 3.05) is 11.1 Å². The fourth-order valence-electron chi connectivity index (χ4n) is 1.91. The summed E-state index contributed by atoms with van der Waals surface area (Å²) in [5.41, 5.74) is 8.21. The molecule has 0 saturated heterocycles. The Morgan fingerprint density at radius 3 is 2.52 bits per heavy atom. The number of amides is 1. The molecule has 0 bridgehead atoms. The Labute approximate surface area is 129 Å². The van der Waals surface area contributed by atoms with Crippen molar-refractivity contribution in [3.05, 3.63) is 53.1 Å². The Hall–Kier alpha value is -2.20. The van der Waals surface area contributed by atoms with Crippen molar-refractivity contribution < 1.29 is 4.79 Å². The SMILES string of the molecule is CC(C)NC(=O)c1cc(N)ccc1Nc1ccccc1Cl. The minimum atomic E-state index is -0.174. The van der Waals surface area contributed by atoms with Crippen LogP contribution in [0.2, 0.25) is 5.02 Å². The molecule has 4 nitrogen and oxygen atoms in total. The van der Waals surface area contributed by atoms with Crippen molar-refractivity contribution in [3.8, 4) is 0 Å². The molecule has 0 unspecified atom stereocenters. The molecular formula is C16H18ClN3O. The number of halogens is 1. The first-order chi connectivity index (χ1) is 9.97. The van der Waals surface area contributed by atoms with Gasteiger partial charge >= 0.3 is 0 Å². The Morgan fingerprint density at radius 1 is 1.14 bits per heavy atom. The van der Waals surface area contributed by atoms with Gasteiger partial charge in [-0.3, -0.25) is 4.79 Å². The lowest BCUT2D eigenvalue weighted by Gasteiger charge is -2.15. The normalized spacial score (nSPS) is 10.5. The number of rotatable bonds is 4. The lowest BCUT2D eigenvalue weighted by Crippen LogP contribution is -2.30. The van der Waals surface area contributed by atoms with Gasteiger partial charge in [0.25, 0.3) is 5.91 Å². The minimum Gasteiger partial charge on any atom is -0.399 e. The van der Waals surface area contributed by atoms with Crippen LogP contribution in [0.15, 0.2) is 42.5 Å². The van der Waals surface area contributed by atoms with Gasteiger partial charge in [-0.05, 0) is 44.2 Å². The quantitative estimate of drug-likeness (QED) is 0.753. The van der Waals surface area contributed by atoms with Crippen molar-refractivity contribution in [3.63, 3.8) is 0 Å². The van der Waals surface area contributed by atoms with Crippen LogP contribution in [-0.4, -0.2) is 11.9 Å². The molecule has 5 heteroatoms. The molecule has 1 amide bonds. The summed E-state index contributed by atoms with van der Waals surface area (Å²) in [6.45, 7) is 3.82. The molecule has 0 spiro atoms. The summed E-state index contributed by atoms with van der Waals surface area (Å²) in [6, 6.07) is 12.6. The first-order valence-electron chi connectivity index (χ1n) is 6.69. The van der Waals surface area contributed by atoms with Crippen molar-refractivity contribution in [2.24, 2.45) is 0 Å². The standard InChI is InChI=1S/C16H18ClN3O/c1-10(2)19-16(21)12-9-11(18)7-8-14(12)20-15-6-4-3-5-13(15)17/h3-10,20H,18H2,1-2H3,(H,19,21). The van der Waals surface area contributed by atoms with Crippen molar-refractivity contribution in [1.29, 1.82) is 0 Å². The number of anilines is 3. The average molecular weight is 304 g/mol. The van der Waals surface area contributed by atoms with E-state index in [2.05, 4.69) is 10.6 Å². The fraction of sp³-hybridized carbons (Fsp3) is 0.188. The number of benzene rings is 2. The van der Waals surface area contributed by atoms with Crippen LogP contribution in [-0.2, 0) is 0 Å². The molecule has 110 valence electrons. The number of carbonyl (C=O) groups is 1. The molecule has 4 N–H and O–H groups in total. The van der Waals surface area contributed by atoms with E-state index >= 15 is 0 Å². The van der Waals surface area contributed by atoms with Gasteiger partial charge in [-0.15, -0.1) is 0 Å². The predicted octanol–water partition coefficient (Wildman–Crippen LogP) is 3.80. The molecule has 0 aliphatic carbocycles. The molecule has 2 aromatic rings. The highest BCUT2D eigenvalue weighted by molar-refractivity contribution is 6.33. The van der Waals surface area contributed by atoms with Crippen LogP contribution in [0, 0.1) is 0 Å². The number of hydrogen-bond acceptors (Lipinski definition) is 3. The van der Waals surface area contributed by atoms with E-state index < -0.39 is 0 Å². The number of nitrogen functional groups attached to an aromatic ring is 1. The summed E-state index contributed by atoms with van der Waals surface area (Å²) < 4.78 is 0. The van der Waals surface area contributed by atoms with Gasteiger partial charge in [0.15, 0.2) is 0 Å². The third kappa shape index (κ3) is 3.89. The topological polar surface area (TPSA) is 67.2 Å². The summed E-state index contributed by atoms with van der Waals surface area (Å²) in [4.78, 5) is 12.3. The summed E-state index contributed by atoms with van der Waals surface area (Å²) in [5.74, 6) is -0.174. The highest BCUT2D eigenvalue weighted by Crippen LogP contribution is 2.28. The molecule has 0 radical (unpaired) electrons. The smallest absolute Gasteiger partial charge is 0.253 e. The number of nitrogens with one attached hydrogen (secondary N) is 2. The minimum absolute atomic E-state index is 0.0482. The third-order valence-corrected chi connectivity index (χ3v) is 3.18. The Bertz CT molecular complexity index is 656. The van der Waals surface area contributed by atoms with E-state index in [-0.39, 0.29) is 11.9 Å². The molecule has 0 aliphatic heterocycles. The highest BCUT2D eigenvalue weighted by Gasteiger charge is 2.13. The van der Waals surface area contributed by atoms with Gasteiger partial charge in [-0.2, -0.15) is 0 Å². The second-order valence-electron chi connectivity index (χ2n) is 5.04. The van der Waals surface area contributed by atoms with E-state index in [1.807, 2.05) is 32.0 Å². The van der Waals surface area contributed by atoms with Gasteiger partial charge in [0.05, 0.1) is 22.0 Å². The van der Waals surface area contributed by atoms with Crippen molar-refractivity contribution in [1.82, 2.24) is 5.32 Å². The van der Waals surface area contributed by atoms with E-state index in [1.165, 1.54) is 0 Å². The molecule has 0 heterocycles. The first-order valence-corrected chi connectivity index (χ1v) is 7.07. The Balaban J connectivity index is 2.35. The molecule has 0 atom stereocenters. The number of carbonyl (C=O) groups excluding carboxylic acids is 1. The predicted molar refractivity (Wildman–Crippen MR) is 88.2 cm³/mol. The van der Waals surface area contributed by atoms with Crippen LogP contribution in [0.4, 0.5) is 17.1 Å². The van der Waals surface area contributed by atoms with E-state index in [9.17, 15) is 4.79 Å². The zero-order valence-corrected chi connectivity index (χ0v) is 12.7. The fourth-order valence-corrected chi connectivity index (χ4v) is 2.09. The molecule has 2 aromatic carbocycles. The zero-order valence-electron chi connectivity index (χ0n) is 12.0. The monoisotopic (exact) mass is 303 g/mol. The number of nitrogens with two attached hydrogens (primary N) is 1. The van der Waals surface area contributed by atoms with E-state index in [0.29, 0.717) is 22.0 Å². The molecular weight excluding hydrogens is 286 g/mol. The van der Waals surface area contributed by atoms with Crippen LogP contribution in [0.25, 0.3) is 0 Å². The van der Waals surface area contributed by atoms with Crippen LogP contribution < -0.4 is 16.4 Å². The lowest BCUT2D eigenvalue weighted by atomic mass is 10.1. The lowest BCUT2D eigenvalue weighted by molar-refractivity contribution is 0.0944.